The lowest BCUT2D eigenvalue weighted by Gasteiger charge is -2.11. The van der Waals surface area contributed by atoms with Gasteiger partial charge in [0.1, 0.15) is 5.82 Å². The maximum atomic E-state index is 13.4. The molecule has 4 heteroatoms. The van der Waals surface area contributed by atoms with Gasteiger partial charge in [0.05, 0.1) is 12.7 Å². The highest BCUT2D eigenvalue weighted by Gasteiger charge is 2.04. The summed E-state index contributed by atoms with van der Waals surface area (Å²) in [6.07, 6.45) is 3.21. The summed E-state index contributed by atoms with van der Waals surface area (Å²) in [6, 6.07) is 4.55. The van der Waals surface area contributed by atoms with Crippen molar-refractivity contribution in [2.75, 3.05) is 0 Å². The Kier molecular flexibility index (Phi) is 5.52. The normalized spacial score (nSPS) is 12.8. The number of hydrogen-bond donors (Lipinski definition) is 1. The quantitative estimate of drug-likeness (QED) is 0.790. The van der Waals surface area contributed by atoms with E-state index in [1.165, 1.54) is 12.1 Å². The van der Waals surface area contributed by atoms with Gasteiger partial charge in [0.15, 0.2) is 0 Å². The summed E-state index contributed by atoms with van der Waals surface area (Å²) in [5, 5.41) is 8.51. The summed E-state index contributed by atoms with van der Waals surface area (Å²) in [7, 11) is 0. The molecule has 1 N–H and O–H groups in total. The number of ether oxygens (including phenoxy) is 1. The van der Waals surface area contributed by atoms with Gasteiger partial charge in [0.25, 0.3) is 0 Å². The first-order valence-corrected chi connectivity index (χ1v) is 5.84. The molecular weight excluding hydrogens is 235 g/mol. The molecule has 98 valence electrons. The van der Waals surface area contributed by atoms with Crippen LogP contribution in [-0.4, -0.2) is 17.2 Å². The molecule has 0 aliphatic heterocycles. The summed E-state index contributed by atoms with van der Waals surface area (Å²) in [4.78, 5) is 10.4. The zero-order chi connectivity index (χ0) is 13.5. The first-order valence-electron chi connectivity index (χ1n) is 5.84. The molecule has 0 aromatic heterocycles. The van der Waals surface area contributed by atoms with Crippen LogP contribution in [0, 0.1) is 5.82 Å². The molecule has 3 nitrogen and oxygen atoms in total. The Morgan fingerprint density at radius 3 is 2.89 bits per heavy atom. The van der Waals surface area contributed by atoms with E-state index in [4.69, 9.17) is 9.84 Å². The monoisotopic (exact) mass is 252 g/mol. The van der Waals surface area contributed by atoms with Gasteiger partial charge < -0.3 is 9.84 Å². The van der Waals surface area contributed by atoms with E-state index >= 15 is 0 Å². The Hall–Kier alpha value is -1.68. The van der Waals surface area contributed by atoms with Crippen LogP contribution < -0.4 is 0 Å². The SMILES string of the molecule is CCC(C)OCc1ccc(F)c(C=CC(=O)O)c1. The first kappa shape index (κ1) is 14.4. The summed E-state index contributed by atoms with van der Waals surface area (Å²) >= 11 is 0. The summed E-state index contributed by atoms with van der Waals surface area (Å²) in [5.74, 6) is -1.55. The Morgan fingerprint density at radius 2 is 2.28 bits per heavy atom. The fourth-order valence-electron chi connectivity index (χ4n) is 1.33. The zero-order valence-corrected chi connectivity index (χ0v) is 10.5. The Balaban J connectivity index is 2.77. The molecule has 0 aliphatic rings. The molecule has 0 aliphatic carbocycles. The maximum Gasteiger partial charge on any atom is 0.328 e. The third-order valence-electron chi connectivity index (χ3n) is 2.58. The van der Waals surface area contributed by atoms with Crippen molar-refractivity contribution in [3.05, 3.63) is 41.2 Å². The average Bonchev–Trinajstić information content (AvgIpc) is 2.35. The lowest BCUT2D eigenvalue weighted by atomic mass is 10.1. The molecule has 18 heavy (non-hydrogen) atoms. The predicted octanol–water partition coefficient (Wildman–Crippen LogP) is 3.24. The molecule has 1 rings (SSSR count). The topological polar surface area (TPSA) is 46.5 Å². The van der Waals surface area contributed by atoms with Crippen LogP contribution in [0.5, 0.6) is 0 Å². The van der Waals surface area contributed by atoms with Crippen molar-refractivity contribution in [2.24, 2.45) is 0 Å². The number of benzene rings is 1. The molecule has 0 saturated carbocycles. The van der Waals surface area contributed by atoms with Gasteiger partial charge in [0, 0.05) is 11.6 Å². The highest BCUT2D eigenvalue weighted by molar-refractivity contribution is 5.85. The fourth-order valence-corrected chi connectivity index (χ4v) is 1.33. The third-order valence-corrected chi connectivity index (χ3v) is 2.58. The van der Waals surface area contributed by atoms with Crippen molar-refractivity contribution in [1.82, 2.24) is 0 Å². The lowest BCUT2D eigenvalue weighted by Crippen LogP contribution is -2.06. The molecule has 0 amide bonds. The van der Waals surface area contributed by atoms with E-state index in [1.54, 1.807) is 12.1 Å². The van der Waals surface area contributed by atoms with Gasteiger partial charge in [0.2, 0.25) is 0 Å². The van der Waals surface area contributed by atoms with Crippen molar-refractivity contribution < 1.29 is 19.0 Å². The summed E-state index contributed by atoms with van der Waals surface area (Å²) in [5.41, 5.74) is 1.07. The highest BCUT2D eigenvalue weighted by atomic mass is 19.1. The van der Waals surface area contributed by atoms with Crippen molar-refractivity contribution in [3.63, 3.8) is 0 Å². The summed E-state index contributed by atoms with van der Waals surface area (Å²) < 4.78 is 18.9. The molecule has 1 atom stereocenters. The number of halogens is 1. The van der Waals surface area contributed by atoms with Crippen molar-refractivity contribution in [1.29, 1.82) is 0 Å². The first-order chi connectivity index (χ1) is 8.52. The second kappa shape index (κ2) is 6.91. The maximum absolute atomic E-state index is 13.4. The van der Waals surface area contributed by atoms with Gasteiger partial charge in [-0.15, -0.1) is 0 Å². The van der Waals surface area contributed by atoms with E-state index in [9.17, 15) is 9.18 Å². The number of rotatable bonds is 6. The molecule has 0 heterocycles. The van der Waals surface area contributed by atoms with Gasteiger partial charge in [-0.05, 0) is 37.1 Å². The average molecular weight is 252 g/mol. The molecule has 0 fully saturated rings. The van der Waals surface area contributed by atoms with E-state index in [-0.39, 0.29) is 11.7 Å². The van der Waals surface area contributed by atoms with E-state index in [1.807, 2.05) is 13.8 Å². The molecule has 1 aromatic carbocycles. The van der Waals surface area contributed by atoms with Gasteiger partial charge in [-0.25, -0.2) is 9.18 Å². The number of aliphatic carboxylic acids is 1. The number of carboxylic acid groups (broad SMARTS) is 1. The number of carboxylic acids is 1. The second-order valence-electron chi connectivity index (χ2n) is 4.06. The molecule has 1 unspecified atom stereocenters. The minimum atomic E-state index is -1.10. The Morgan fingerprint density at radius 1 is 1.56 bits per heavy atom. The van der Waals surface area contributed by atoms with Crippen LogP contribution in [0.3, 0.4) is 0 Å². The van der Waals surface area contributed by atoms with E-state index < -0.39 is 11.8 Å². The van der Waals surface area contributed by atoms with Gasteiger partial charge in [-0.2, -0.15) is 0 Å². The molecule has 0 saturated heterocycles. The molecule has 0 spiro atoms. The predicted molar refractivity (Wildman–Crippen MR) is 67.6 cm³/mol. The van der Waals surface area contributed by atoms with E-state index in [0.717, 1.165) is 18.1 Å². The smallest absolute Gasteiger partial charge is 0.328 e. The van der Waals surface area contributed by atoms with E-state index in [2.05, 4.69) is 0 Å². The van der Waals surface area contributed by atoms with Crippen LogP contribution in [0.2, 0.25) is 0 Å². The third kappa shape index (κ3) is 4.67. The van der Waals surface area contributed by atoms with Gasteiger partial charge in [-0.1, -0.05) is 13.0 Å². The van der Waals surface area contributed by atoms with E-state index in [0.29, 0.717) is 6.61 Å². The lowest BCUT2D eigenvalue weighted by molar-refractivity contribution is -0.131. The number of hydrogen-bond acceptors (Lipinski definition) is 2. The molecule has 0 radical (unpaired) electrons. The molecular formula is C14H17FO3. The highest BCUT2D eigenvalue weighted by Crippen LogP contribution is 2.14. The van der Waals surface area contributed by atoms with Crippen LogP contribution in [0.25, 0.3) is 6.08 Å². The standard InChI is InChI=1S/C14H17FO3/c1-3-10(2)18-9-11-4-6-13(15)12(8-11)5-7-14(16)17/h4-8,10H,3,9H2,1-2H3,(H,16,17). The number of carbonyl (C=O) groups is 1. The zero-order valence-electron chi connectivity index (χ0n) is 10.5. The molecule has 0 bridgehead atoms. The van der Waals surface area contributed by atoms with Crippen LogP contribution in [0.1, 0.15) is 31.4 Å². The minimum absolute atomic E-state index is 0.146. The largest absolute Gasteiger partial charge is 0.478 e. The second-order valence-corrected chi connectivity index (χ2v) is 4.06. The van der Waals surface area contributed by atoms with Crippen LogP contribution in [-0.2, 0) is 16.1 Å². The van der Waals surface area contributed by atoms with Crippen molar-refractivity contribution in [2.45, 2.75) is 33.0 Å². The fraction of sp³-hybridized carbons (Fsp3) is 0.357. The van der Waals surface area contributed by atoms with Crippen molar-refractivity contribution >= 4 is 12.0 Å². The van der Waals surface area contributed by atoms with Crippen LogP contribution >= 0.6 is 0 Å². The minimum Gasteiger partial charge on any atom is -0.478 e. The van der Waals surface area contributed by atoms with Crippen molar-refractivity contribution in [3.8, 4) is 0 Å². The Bertz CT molecular complexity index is 441. The van der Waals surface area contributed by atoms with Gasteiger partial charge in [-0.3, -0.25) is 0 Å². The Labute approximate surface area is 106 Å². The van der Waals surface area contributed by atoms with Gasteiger partial charge >= 0.3 is 5.97 Å². The van der Waals surface area contributed by atoms with Crippen LogP contribution in [0.15, 0.2) is 24.3 Å². The molecule has 1 aromatic rings. The summed E-state index contributed by atoms with van der Waals surface area (Å²) in [6.45, 7) is 4.38. The van der Waals surface area contributed by atoms with Crippen LogP contribution in [0.4, 0.5) is 4.39 Å².